The molecule has 0 aliphatic rings. The summed E-state index contributed by atoms with van der Waals surface area (Å²) in [7, 11) is 1.62. The number of methoxy groups -OCH3 is 1. The van der Waals surface area contributed by atoms with Crippen LogP contribution in [0, 0.1) is 5.82 Å². The predicted molar refractivity (Wildman–Crippen MR) is 116 cm³/mol. The lowest BCUT2D eigenvalue weighted by molar-refractivity contribution is 0.284. The van der Waals surface area contributed by atoms with E-state index >= 15 is 0 Å². The maximum absolute atomic E-state index is 13.1. The van der Waals surface area contributed by atoms with Gasteiger partial charge in [-0.2, -0.15) is 0 Å². The fourth-order valence-electron chi connectivity index (χ4n) is 2.82. The minimum atomic E-state index is -0.358. The summed E-state index contributed by atoms with van der Waals surface area (Å²) < 4.78 is 24.4. The van der Waals surface area contributed by atoms with E-state index < -0.39 is 0 Å². The van der Waals surface area contributed by atoms with Crippen LogP contribution in [0.3, 0.4) is 0 Å². The molecule has 2 aromatic rings. The van der Waals surface area contributed by atoms with Gasteiger partial charge in [-0.3, -0.25) is 0 Å². The van der Waals surface area contributed by atoms with Crippen molar-refractivity contribution in [3.05, 3.63) is 58.4 Å². The van der Waals surface area contributed by atoms with E-state index in [0.29, 0.717) is 16.5 Å². The first kappa shape index (κ1) is 24.5. The Morgan fingerprint density at radius 3 is 2.50 bits per heavy atom. The lowest BCUT2D eigenvalue weighted by Crippen LogP contribution is -2.14. The standard InChI is InChI=1S/C22H29ClFNO2.ClH/c1-3-4-5-6-7-12-25-15-17-8-11-21(22(13-17)26-2)27-16-18-9-10-19(24)14-20(18)23;/h8-11,13-14,25H,3-7,12,15-16H2,1-2H3;1H. The van der Waals surface area contributed by atoms with Crippen LogP contribution in [-0.2, 0) is 13.2 Å². The fraction of sp³-hybridized carbons (Fsp3) is 0.455. The second-order valence-corrected chi connectivity index (χ2v) is 7.01. The molecule has 0 unspecified atom stereocenters. The number of nitrogens with one attached hydrogen (secondary N) is 1. The van der Waals surface area contributed by atoms with Crippen molar-refractivity contribution in [1.29, 1.82) is 0 Å². The Morgan fingerprint density at radius 2 is 1.79 bits per heavy atom. The topological polar surface area (TPSA) is 30.5 Å². The highest BCUT2D eigenvalue weighted by molar-refractivity contribution is 6.31. The quantitative estimate of drug-likeness (QED) is 0.388. The van der Waals surface area contributed by atoms with Gasteiger partial charge < -0.3 is 14.8 Å². The fourth-order valence-corrected chi connectivity index (χ4v) is 3.04. The second kappa shape index (κ2) is 13.6. The Labute approximate surface area is 179 Å². The number of rotatable bonds is 12. The zero-order valence-electron chi connectivity index (χ0n) is 16.6. The van der Waals surface area contributed by atoms with Crippen LogP contribution in [0.5, 0.6) is 11.5 Å². The molecular formula is C22H30Cl2FNO2. The molecule has 0 amide bonds. The molecule has 156 valence electrons. The Bertz CT molecular complexity index is 713. The minimum Gasteiger partial charge on any atom is -0.493 e. The third kappa shape index (κ3) is 8.26. The van der Waals surface area contributed by atoms with Crippen molar-refractivity contribution in [3.8, 4) is 11.5 Å². The van der Waals surface area contributed by atoms with Gasteiger partial charge in [0.25, 0.3) is 0 Å². The van der Waals surface area contributed by atoms with Crippen LogP contribution in [-0.4, -0.2) is 13.7 Å². The molecule has 0 aliphatic heterocycles. The van der Waals surface area contributed by atoms with Gasteiger partial charge in [-0.25, -0.2) is 4.39 Å². The van der Waals surface area contributed by atoms with Crippen molar-refractivity contribution in [2.24, 2.45) is 0 Å². The molecule has 0 atom stereocenters. The summed E-state index contributed by atoms with van der Waals surface area (Å²) in [6, 6.07) is 10.2. The molecule has 28 heavy (non-hydrogen) atoms. The van der Waals surface area contributed by atoms with Crippen LogP contribution < -0.4 is 14.8 Å². The third-order valence-corrected chi connectivity index (χ3v) is 4.76. The van der Waals surface area contributed by atoms with E-state index in [-0.39, 0.29) is 24.8 Å². The highest BCUT2D eigenvalue weighted by Crippen LogP contribution is 2.29. The summed E-state index contributed by atoms with van der Waals surface area (Å²) >= 11 is 6.05. The van der Waals surface area contributed by atoms with Gasteiger partial charge in [0, 0.05) is 12.1 Å². The van der Waals surface area contributed by atoms with Gasteiger partial charge in [0.1, 0.15) is 12.4 Å². The molecule has 0 saturated carbocycles. The molecule has 1 N–H and O–H groups in total. The van der Waals surface area contributed by atoms with Crippen molar-refractivity contribution < 1.29 is 13.9 Å². The van der Waals surface area contributed by atoms with Crippen molar-refractivity contribution in [1.82, 2.24) is 5.32 Å². The van der Waals surface area contributed by atoms with Crippen molar-refractivity contribution in [2.75, 3.05) is 13.7 Å². The number of hydrogen-bond donors (Lipinski definition) is 1. The van der Waals surface area contributed by atoms with E-state index in [4.69, 9.17) is 21.1 Å². The SMILES string of the molecule is CCCCCCCNCc1ccc(OCc2ccc(F)cc2Cl)c(OC)c1.Cl. The van der Waals surface area contributed by atoms with Gasteiger partial charge in [-0.1, -0.05) is 56.3 Å². The monoisotopic (exact) mass is 429 g/mol. The van der Waals surface area contributed by atoms with Crippen molar-refractivity contribution in [2.45, 2.75) is 52.2 Å². The summed E-state index contributed by atoms with van der Waals surface area (Å²) in [6.45, 7) is 4.31. The highest BCUT2D eigenvalue weighted by atomic mass is 35.5. The summed E-state index contributed by atoms with van der Waals surface area (Å²) in [5, 5.41) is 3.83. The van der Waals surface area contributed by atoms with Gasteiger partial charge in [0.2, 0.25) is 0 Å². The third-order valence-electron chi connectivity index (χ3n) is 4.41. The van der Waals surface area contributed by atoms with E-state index in [9.17, 15) is 4.39 Å². The number of halogens is 3. The second-order valence-electron chi connectivity index (χ2n) is 6.60. The van der Waals surface area contributed by atoms with E-state index in [1.807, 2.05) is 18.2 Å². The molecule has 0 aromatic heterocycles. The minimum absolute atomic E-state index is 0. The first-order chi connectivity index (χ1) is 13.1. The Kier molecular flexibility index (Phi) is 12.0. The normalized spacial score (nSPS) is 10.4. The Morgan fingerprint density at radius 1 is 1.00 bits per heavy atom. The van der Waals surface area contributed by atoms with Gasteiger partial charge in [-0.15, -0.1) is 12.4 Å². The molecule has 6 heteroatoms. The van der Waals surface area contributed by atoms with Gasteiger partial charge >= 0.3 is 0 Å². The van der Waals surface area contributed by atoms with E-state index in [1.54, 1.807) is 13.2 Å². The lowest BCUT2D eigenvalue weighted by atomic mass is 10.1. The van der Waals surface area contributed by atoms with E-state index in [0.717, 1.165) is 24.2 Å². The van der Waals surface area contributed by atoms with Crippen LogP contribution >= 0.6 is 24.0 Å². The molecular weight excluding hydrogens is 400 g/mol. The molecule has 0 heterocycles. The van der Waals surface area contributed by atoms with Crippen molar-refractivity contribution >= 4 is 24.0 Å². The van der Waals surface area contributed by atoms with Crippen molar-refractivity contribution in [3.63, 3.8) is 0 Å². The summed E-state index contributed by atoms with van der Waals surface area (Å²) in [6.07, 6.45) is 6.40. The summed E-state index contributed by atoms with van der Waals surface area (Å²) in [5.41, 5.74) is 1.88. The molecule has 0 fully saturated rings. The van der Waals surface area contributed by atoms with Crippen LogP contribution in [0.25, 0.3) is 0 Å². The zero-order valence-corrected chi connectivity index (χ0v) is 18.2. The maximum atomic E-state index is 13.1. The lowest BCUT2D eigenvalue weighted by Gasteiger charge is -2.13. The number of hydrogen-bond acceptors (Lipinski definition) is 3. The molecule has 0 spiro atoms. The molecule has 0 bridgehead atoms. The maximum Gasteiger partial charge on any atom is 0.161 e. The number of ether oxygens (including phenoxy) is 2. The Hall–Kier alpha value is -1.49. The molecule has 2 aromatic carbocycles. The molecule has 2 rings (SSSR count). The smallest absolute Gasteiger partial charge is 0.161 e. The average molecular weight is 430 g/mol. The van der Waals surface area contributed by atoms with Gasteiger partial charge in [0.05, 0.1) is 12.1 Å². The summed E-state index contributed by atoms with van der Waals surface area (Å²) in [4.78, 5) is 0. The van der Waals surface area contributed by atoms with Crippen LogP contribution in [0.1, 0.15) is 50.2 Å². The average Bonchev–Trinajstić information content (AvgIpc) is 2.67. The molecule has 0 saturated heterocycles. The number of unbranched alkanes of at least 4 members (excludes halogenated alkanes) is 4. The van der Waals surface area contributed by atoms with E-state index in [2.05, 4.69) is 12.2 Å². The van der Waals surface area contributed by atoms with E-state index in [1.165, 1.54) is 44.2 Å². The van der Waals surface area contributed by atoms with Crippen LogP contribution in [0.4, 0.5) is 4.39 Å². The Balaban J connectivity index is 0.00000392. The predicted octanol–water partition coefficient (Wildman–Crippen LogP) is 6.55. The number of benzene rings is 2. The largest absolute Gasteiger partial charge is 0.493 e. The summed E-state index contributed by atoms with van der Waals surface area (Å²) in [5.74, 6) is 0.959. The molecule has 0 aliphatic carbocycles. The van der Waals surface area contributed by atoms with Crippen LogP contribution in [0.15, 0.2) is 36.4 Å². The first-order valence-corrected chi connectivity index (χ1v) is 9.96. The van der Waals surface area contributed by atoms with Gasteiger partial charge in [-0.05, 0) is 42.8 Å². The highest BCUT2D eigenvalue weighted by Gasteiger charge is 2.08. The van der Waals surface area contributed by atoms with Gasteiger partial charge in [0.15, 0.2) is 11.5 Å². The molecule has 3 nitrogen and oxygen atoms in total. The zero-order chi connectivity index (χ0) is 19.5. The first-order valence-electron chi connectivity index (χ1n) is 9.58. The van der Waals surface area contributed by atoms with Crippen LogP contribution in [0.2, 0.25) is 5.02 Å². The molecule has 0 radical (unpaired) electrons.